The van der Waals surface area contributed by atoms with Crippen LogP contribution in [0.1, 0.15) is 23.8 Å². The van der Waals surface area contributed by atoms with Gasteiger partial charge in [0, 0.05) is 11.1 Å². The lowest BCUT2D eigenvalue weighted by Gasteiger charge is -2.16. The minimum absolute atomic E-state index is 0.158. The number of anilines is 1. The van der Waals surface area contributed by atoms with E-state index in [0.717, 1.165) is 4.68 Å². The second-order valence-electron chi connectivity index (χ2n) is 6.60. The van der Waals surface area contributed by atoms with E-state index in [9.17, 15) is 23.6 Å². The summed E-state index contributed by atoms with van der Waals surface area (Å²) in [5.74, 6) is -2.83. The smallest absolute Gasteiger partial charge is 0.328 e. The number of fused-ring (bicyclic) bond motifs is 1. The molecule has 3 N–H and O–H groups in total. The van der Waals surface area contributed by atoms with Crippen LogP contribution in [-0.4, -0.2) is 33.7 Å². The largest absolute Gasteiger partial charge is 0.451 e. The maximum atomic E-state index is 13.0. The van der Waals surface area contributed by atoms with Gasteiger partial charge in [0.05, 0.1) is 5.39 Å². The maximum Gasteiger partial charge on any atom is 0.328 e. The minimum atomic E-state index is -1.15. The zero-order valence-electron chi connectivity index (χ0n) is 16.5. The second kappa shape index (κ2) is 9.16. The van der Waals surface area contributed by atoms with E-state index in [1.54, 1.807) is 19.1 Å². The Morgan fingerprint density at radius 1 is 1.13 bits per heavy atom. The zero-order valence-corrected chi connectivity index (χ0v) is 16.5. The van der Waals surface area contributed by atoms with Gasteiger partial charge >= 0.3 is 5.97 Å². The normalized spacial score (nSPS) is 11.7. The quantitative estimate of drug-likeness (QED) is 0.551. The number of primary amides is 1. The number of carbonyl (C=O) groups is 3. The van der Waals surface area contributed by atoms with Crippen molar-refractivity contribution in [1.29, 1.82) is 0 Å². The summed E-state index contributed by atoms with van der Waals surface area (Å²) in [6, 6.07) is 11.3. The van der Waals surface area contributed by atoms with Crippen molar-refractivity contribution in [3.63, 3.8) is 0 Å². The summed E-state index contributed by atoms with van der Waals surface area (Å²) >= 11 is 0. The van der Waals surface area contributed by atoms with Crippen LogP contribution in [0.5, 0.6) is 0 Å². The molecule has 3 aromatic rings. The number of carbonyl (C=O) groups excluding carboxylic acids is 3. The van der Waals surface area contributed by atoms with Crippen molar-refractivity contribution < 1.29 is 23.5 Å². The molecule has 1 aromatic heterocycles. The highest BCUT2D eigenvalue weighted by atomic mass is 19.1. The van der Waals surface area contributed by atoms with E-state index in [4.69, 9.17) is 10.5 Å². The first-order valence-corrected chi connectivity index (χ1v) is 9.35. The summed E-state index contributed by atoms with van der Waals surface area (Å²) < 4.78 is 19.0. The van der Waals surface area contributed by atoms with Gasteiger partial charge in [0.25, 0.3) is 17.4 Å². The lowest BCUT2D eigenvalue weighted by Crippen LogP contribution is -2.36. The highest BCUT2D eigenvalue weighted by Gasteiger charge is 2.23. The van der Waals surface area contributed by atoms with Crippen molar-refractivity contribution in [3.8, 4) is 0 Å². The molecular formula is C21H19FN4O5. The molecule has 0 radical (unpaired) electrons. The lowest BCUT2D eigenvalue weighted by molar-refractivity contribution is -0.155. The fraction of sp³-hybridized carbons (Fsp3) is 0.190. The van der Waals surface area contributed by atoms with E-state index < -0.39 is 41.8 Å². The Morgan fingerprint density at radius 3 is 2.39 bits per heavy atom. The van der Waals surface area contributed by atoms with Crippen LogP contribution < -0.4 is 16.6 Å². The first kappa shape index (κ1) is 21.6. The summed E-state index contributed by atoms with van der Waals surface area (Å²) in [5.41, 5.74) is 4.90. The maximum absolute atomic E-state index is 13.0. The molecule has 2 aromatic carbocycles. The van der Waals surface area contributed by atoms with Crippen molar-refractivity contribution in [2.45, 2.75) is 26.0 Å². The van der Waals surface area contributed by atoms with Crippen LogP contribution in [0.2, 0.25) is 0 Å². The van der Waals surface area contributed by atoms with Crippen LogP contribution in [0, 0.1) is 5.82 Å². The monoisotopic (exact) mass is 426 g/mol. The Bertz CT molecular complexity index is 1210. The first-order valence-electron chi connectivity index (χ1n) is 9.35. The number of benzene rings is 2. The molecule has 0 bridgehead atoms. The number of nitrogens with one attached hydrogen (secondary N) is 1. The van der Waals surface area contributed by atoms with E-state index in [2.05, 4.69) is 10.4 Å². The van der Waals surface area contributed by atoms with Gasteiger partial charge in [-0.2, -0.15) is 5.10 Å². The van der Waals surface area contributed by atoms with E-state index in [1.807, 2.05) is 0 Å². The molecule has 1 unspecified atom stereocenters. The number of nitrogens with zero attached hydrogens (tertiary/aromatic N) is 2. The molecule has 0 saturated heterocycles. The predicted molar refractivity (Wildman–Crippen MR) is 110 cm³/mol. The van der Waals surface area contributed by atoms with Gasteiger partial charge in [0.1, 0.15) is 12.4 Å². The van der Waals surface area contributed by atoms with Crippen LogP contribution >= 0.6 is 0 Å². The molecule has 31 heavy (non-hydrogen) atoms. The van der Waals surface area contributed by atoms with E-state index in [-0.39, 0.29) is 22.9 Å². The van der Waals surface area contributed by atoms with E-state index >= 15 is 0 Å². The molecule has 0 spiro atoms. The Morgan fingerprint density at radius 2 is 1.77 bits per heavy atom. The molecule has 9 nitrogen and oxygen atoms in total. The predicted octanol–water partition coefficient (Wildman–Crippen LogP) is 1.59. The lowest BCUT2D eigenvalue weighted by atomic mass is 10.1. The van der Waals surface area contributed by atoms with Crippen molar-refractivity contribution in [3.05, 3.63) is 70.4 Å². The third-order valence-corrected chi connectivity index (χ3v) is 4.43. The highest BCUT2D eigenvalue weighted by Crippen LogP contribution is 2.13. The number of hydrogen-bond donors (Lipinski definition) is 2. The van der Waals surface area contributed by atoms with Crippen molar-refractivity contribution in [2.24, 2.45) is 5.73 Å². The topological polar surface area (TPSA) is 133 Å². The Labute approximate surface area is 175 Å². The van der Waals surface area contributed by atoms with Gasteiger partial charge in [0.2, 0.25) is 0 Å². The molecule has 0 fully saturated rings. The molecule has 0 aliphatic carbocycles. The number of rotatable bonds is 7. The van der Waals surface area contributed by atoms with Crippen LogP contribution in [0.3, 0.4) is 0 Å². The summed E-state index contributed by atoms with van der Waals surface area (Å²) in [4.78, 5) is 49.1. The molecule has 0 aliphatic rings. The third kappa shape index (κ3) is 4.92. The van der Waals surface area contributed by atoms with Crippen LogP contribution in [0.4, 0.5) is 10.1 Å². The Hall–Kier alpha value is -4.08. The molecule has 1 heterocycles. The Kier molecular flexibility index (Phi) is 6.39. The van der Waals surface area contributed by atoms with E-state index in [1.165, 1.54) is 36.4 Å². The van der Waals surface area contributed by atoms with Gasteiger partial charge in [-0.25, -0.2) is 9.07 Å². The van der Waals surface area contributed by atoms with Gasteiger partial charge < -0.3 is 15.8 Å². The number of hydrogen-bond acceptors (Lipinski definition) is 6. The molecule has 10 heteroatoms. The number of esters is 1. The molecule has 2 amide bonds. The Balaban J connectivity index is 1.77. The van der Waals surface area contributed by atoms with Gasteiger partial charge in [-0.3, -0.25) is 19.2 Å². The van der Waals surface area contributed by atoms with Crippen molar-refractivity contribution >= 4 is 34.2 Å². The summed E-state index contributed by atoms with van der Waals surface area (Å²) in [7, 11) is 0. The summed E-state index contributed by atoms with van der Waals surface area (Å²) in [5, 5.41) is 6.85. The van der Waals surface area contributed by atoms with Crippen LogP contribution in [-0.2, 0) is 20.9 Å². The van der Waals surface area contributed by atoms with E-state index in [0.29, 0.717) is 5.69 Å². The fourth-order valence-corrected chi connectivity index (χ4v) is 2.92. The molecular weight excluding hydrogens is 407 g/mol. The number of ether oxygens (including phenoxy) is 1. The molecule has 160 valence electrons. The summed E-state index contributed by atoms with van der Waals surface area (Å²) in [6.07, 6.45) is -0.991. The fourth-order valence-electron chi connectivity index (χ4n) is 2.92. The van der Waals surface area contributed by atoms with Crippen molar-refractivity contribution in [1.82, 2.24) is 9.78 Å². The average molecular weight is 426 g/mol. The second-order valence-corrected chi connectivity index (χ2v) is 6.60. The van der Waals surface area contributed by atoms with Gasteiger partial charge in [0.15, 0.2) is 11.8 Å². The highest BCUT2D eigenvalue weighted by molar-refractivity contribution is 6.04. The van der Waals surface area contributed by atoms with Gasteiger partial charge in [-0.15, -0.1) is 0 Å². The van der Waals surface area contributed by atoms with Gasteiger partial charge in [-0.05, 0) is 36.8 Å². The molecule has 1 atom stereocenters. The molecule has 0 saturated carbocycles. The third-order valence-electron chi connectivity index (χ3n) is 4.43. The number of nitrogens with two attached hydrogens (primary N) is 1. The minimum Gasteiger partial charge on any atom is -0.451 e. The van der Waals surface area contributed by atoms with Crippen LogP contribution in [0.25, 0.3) is 10.8 Å². The average Bonchev–Trinajstić information content (AvgIpc) is 2.75. The summed E-state index contributed by atoms with van der Waals surface area (Å²) in [6.45, 7) is 1.01. The molecule has 3 rings (SSSR count). The SMILES string of the molecule is CCC(OC(=O)Cn1nc(C(N)=O)c2ccccc2c1=O)C(=O)Nc1ccc(F)cc1. The number of amides is 2. The number of aromatic nitrogens is 2. The first-order chi connectivity index (χ1) is 14.8. The van der Waals surface area contributed by atoms with Gasteiger partial charge in [-0.1, -0.05) is 25.1 Å². The standard InChI is InChI=1S/C21H19FN4O5/c1-2-16(20(29)24-13-9-7-12(22)8-10-13)31-17(27)11-26-21(30)15-6-4-3-5-14(15)18(25-26)19(23)28/h3-10,16H,2,11H2,1H3,(H2,23,28)(H,24,29). The van der Waals surface area contributed by atoms with Crippen LogP contribution in [0.15, 0.2) is 53.3 Å². The molecule has 0 aliphatic heterocycles. The van der Waals surface area contributed by atoms with Crippen molar-refractivity contribution in [2.75, 3.05) is 5.32 Å². The zero-order chi connectivity index (χ0) is 22.5. The number of halogens is 1.